The molecule has 0 heterocycles. The molecule has 238 valence electrons. The summed E-state index contributed by atoms with van der Waals surface area (Å²) in [5.74, 6) is -0.735. The van der Waals surface area contributed by atoms with Crippen molar-refractivity contribution in [1.29, 1.82) is 0 Å². The first-order chi connectivity index (χ1) is 19.7. The van der Waals surface area contributed by atoms with Crippen LogP contribution in [0.4, 0.5) is 0 Å². The molecule has 0 bridgehead atoms. The normalized spacial score (nSPS) is 18.3. The smallest absolute Gasteiger partial charge is 0.249 e. The number of rotatable bonds is 23. The number of nitrogens with one attached hydrogen (secondary N) is 3. The van der Waals surface area contributed by atoms with E-state index in [9.17, 15) is 24.6 Å². The van der Waals surface area contributed by atoms with Crippen LogP contribution in [0.1, 0.15) is 143 Å². The molecule has 1 rings (SSSR count). The molecule has 1 aliphatic carbocycles. The summed E-state index contributed by atoms with van der Waals surface area (Å²) in [4.78, 5) is 37.2. The molecular formula is C33H61N3O5. The Labute approximate surface area is 249 Å². The van der Waals surface area contributed by atoms with Crippen LogP contribution in [0.15, 0.2) is 12.2 Å². The highest BCUT2D eigenvalue weighted by Gasteiger charge is 2.33. The number of aliphatic hydroxyl groups is 2. The number of unbranched alkanes of at least 4 members (excludes halogenated alkanes) is 11. The molecule has 0 radical (unpaired) electrons. The topological polar surface area (TPSA) is 128 Å². The van der Waals surface area contributed by atoms with Gasteiger partial charge >= 0.3 is 0 Å². The van der Waals surface area contributed by atoms with E-state index in [1.54, 1.807) is 13.8 Å². The highest BCUT2D eigenvalue weighted by molar-refractivity contribution is 5.82. The molecular weight excluding hydrogens is 518 g/mol. The third-order valence-electron chi connectivity index (χ3n) is 8.17. The maximum Gasteiger partial charge on any atom is 0.249 e. The summed E-state index contributed by atoms with van der Waals surface area (Å²) < 4.78 is 0. The van der Waals surface area contributed by atoms with Crippen molar-refractivity contribution in [2.45, 2.75) is 161 Å². The van der Waals surface area contributed by atoms with E-state index in [0.717, 1.165) is 51.4 Å². The minimum absolute atomic E-state index is 0.0570. The zero-order chi connectivity index (χ0) is 30.3. The lowest BCUT2D eigenvalue weighted by Gasteiger charge is -2.33. The quantitative estimate of drug-likeness (QED) is 0.0812. The predicted molar refractivity (Wildman–Crippen MR) is 166 cm³/mol. The number of carbonyl (C=O) groups is 3. The predicted octanol–water partition coefficient (Wildman–Crippen LogP) is 5.45. The van der Waals surface area contributed by atoms with Gasteiger partial charge in [-0.1, -0.05) is 97.1 Å². The molecule has 1 fully saturated rings. The number of hydrogen-bond donors (Lipinski definition) is 5. The number of hydrogen-bond acceptors (Lipinski definition) is 5. The first-order valence-electron chi connectivity index (χ1n) is 16.5. The van der Waals surface area contributed by atoms with E-state index in [4.69, 9.17) is 0 Å². The molecule has 0 aromatic rings. The Morgan fingerprint density at radius 2 is 1.27 bits per heavy atom. The average molecular weight is 580 g/mol. The van der Waals surface area contributed by atoms with Crippen molar-refractivity contribution in [3.63, 3.8) is 0 Å². The van der Waals surface area contributed by atoms with Gasteiger partial charge in [-0.05, 0) is 44.9 Å². The van der Waals surface area contributed by atoms with E-state index in [1.165, 1.54) is 57.8 Å². The van der Waals surface area contributed by atoms with Gasteiger partial charge < -0.3 is 26.2 Å². The zero-order valence-corrected chi connectivity index (χ0v) is 26.4. The fourth-order valence-corrected chi connectivity index (χ4v) is 5.23. The molecule has 0 aliphatic heterocycles. The standard InChI is InChI=1S/C33H61N3O5/c1-4-5-6-7-8-9-10-11-12-13-14-15-16-17-18-23-29(38)35-27-21-19-20-22-28(27)36-30(39)24-25-34-32(41)31(40)33(2,3)26-37/h11-12,27-28,31,37,40H,4-10,13-26H2,1-3H3,(H,34,41)(H,35,38)(H,36,39)/b12-11-/t27-,28-,31+/m1/s1. The van der Waals surface area contributed by atoms with E-state index >= 15 is 0 Å². The van der Waals surface area contributed by atoms with E-state index < -0.39 is 17.4 Å². The average Bonchev–Trinajstić information content (AvgIpc) is 2.95. The summed E-state index contributed by atoms with van der Waals surface area (Å²) >= 11 is 0. The van der Waals surface area contributed by atoms with E-state index in [-0.39, 0.29) is 43.5 Å². The summed E-state index contributed by atoms with van der Waals surface area (Å²) in [5.41, 5.74) is -0.954. The molecule has 0 unspecified atom stereocenters. The highest BCUT2D eigenvalue weighted by Crippen LogP contribution is 2.20. The maximum absolute atomic E-state index is 12.6. The largest absolute Gasteiger partial charge is 0.396 e. The molecule has 8 heteroatoms. The molecule has 0 saturated heterocycles. The Hall–Kier alpha value is -1.93. The van der Waals surface area contributed by atoms with E-state index in [1.807, 2.05) is 0 Å². The second kappa shape index (κ2) is 22.6. The monoisotopic (exact) mass is 579 g/mol. The third kappa shape index (κ3) is 17.6. The fraction of sp³-hybridized carbons (Fsp3) is 0.848. The minimum Gasteiger partial charge on any atom is -0.396 e. The SMILES string of the molecule is CCCCCCCC/C=C\CCCCCCCC(=O)N[C@@H]1CCCC[C@H]1NC(=O)CCNC(=O)[C@H](O)C(C)(C)CO. The van der Waals surface area contributed by atoms with Crippen LogP contribution in [0.3, 0.4) is 0 Å². The lowest BCUT2D eigenvalue weighted by molar-refractivity contribution is -0.137. The summed E-state index contributed by atoms with van der Waals surface area (Å²) in [7, 11) is 0. The molecule has 1 saturated carbocycles. The molecule has 3 amide bonds. The Bertz CT molecular complexity index is 755. The summed E-state index contributed by atoms with van der Waals surface area (Å²) in [6.07, 6.45) is 23.6. The van der Waals surface area contributed by atoms with Gasteiger partial charge in [0.15, 0.2) is 0 Å². The number of allylic oxidation sites excluding steroid dienone is 2. The minimum atomic E-state index is -1.35. The van der Waals surface area contributed by atoms with Gasteiger partial charge in [-0.2, -0.15) is 0 Å². The van der Waals surface area contributed by atoms with Gasteiger partial charge in [-0.25, -0.2) is 0 Å². The van der Waals surface area contributed by atoms with Crippen LogP contribution < -0.4 is 16.0 Å². The fourth-order valence-electron chi connectivity index (χ4n) is 5.23. The molecule has 0 aromatic carbocycles. The van der Waals surface area contributed by atoms with Crippen LogP contribution in [0.5, 0.6) is 0 Å². The molecule has 1 aliphatic rings. The van der Waals surface area contributed by atoms with Crippen LogP contribution >= 0.6 is 0 Å². The van der Waals surface area contributed by atoms with Crippen LogP contribution in [-0.4, -0.2) is 59.3 Å². The van der Waals surface area contributed by atoms with Crippen molar-refractivity contribution in [2.75, 3.05) is 13.2 Å². The molecule has 8 nitrogen and oxygen atoms in total. The third-order valence-corrected chi connectivity index (χ3v) is 8.17. The van der Waals surface area contributed by atoms with Crippen LogP contribution in [-0.2, 0) is 14.4 Å². The Morgan fingerprint density at radius 3 is 1.80 bits per heavy atom. The van der Waals surface area contributed by atoms with E-state index in [2.05, 4.69) is 35.0 Å². The van der Waals surface area contributed by atoms with Gasteiger partial charge in [0.05, 0.1) is 6.61 Å². The van der Waals surface area contributed by atoms with Crippen molar-refractivity contribution in [3.8, 4) is 0 Å². The Balaban J connectivity index is 2.15. The van der Waals surface area contributed by atoms with Gasteiger partial charge in [0.1, 0.15) is 6.10 Å². The van der Waals surface area contributed by atoms with Crippen LogP contribution in [0.25, 0.3) is 0 Å². The van der Waals surface area contributed by atoms with Crippen LogP contribution in [0, 0.1) is 5.41 Å². The second-order valence-corrected chi connectivity index (χ2v) is 12.6. The summed E-state index contributed by atoms with van der Waals surface area (Å²) in [6, 6.07) is -0.172. The van der Waals surface area contributed by atoms with Crippen molar-refractivity contribution in [2.24, 2.45) is 5.41 Å². The maximum atomic E-state index is 12.6. The van der Waals surface area contributed by atoms with Gasteiger partial charge in [0, 0.05) is 36.9 Å². The summed E-state index contributed by atoms with van der Waals surface area (Å²) in [6.45, 7) is 5.22. The lowest BCUT2D eigenvalue weighted by Crippen LogP contribution is -2.53. The molecule has 0 aromatic heterocycles. The highest BCUT2D eigenvalue weighted by atomic mass is 16.3. The number of amides is 3. The van der Waals surface area contributed by atoms with Gasteiger partial charge in [0.2, 0.25) is 17.7 Å². The van der Waals surface area contributed by atoms with Gasteiger partial charge in [0.25, 0.3) is 0 Å². The first kappa shape index (κ1) is 37.1. The Morgan fingerprint density at radius 1 is 0.780 bits per heavy atom. The Kier molecular flexibility index (Phi) is 20.5. The number of aliphatic hydroxyl groups excluding tert-OH is 2. The zero-order valence-electron chi connectivity index (χ0n) is 26.4. The van der Waals surface area contributed by atoms with Crippen molar-refractivity contribution in [3.05, 3.63) is 12.2 Å². The lowest BCUT2D eigenvalue weighted by atomic mass is 9.87. The van der Waals surface area contributed by atoms with Gasteiger partial charge in [-0.3, -0.25) is 14.4 Å². The summed E-state index contributed by atoms with van der Waals surface area (Å²) in [5, 5.41) is 28.1. The molecule has 41 heavy (non-hydrogen) atoms. The number of carbonyl (C=O) groups excluding carboxylic acids is 3. The van der Waals surface area contributed by atoms with Gasteiger partial charge in [-0.15, -0.1) is 0 Å². The molecule has 3 atom stereocenters. The van der Waals surface area contributed by atoms with E-state index in [0.29, 0.717) is 6.42 Å². The molecule has 0 spiro atoms. The van der Waals surface area contributed by atoms with Crippen molar-refractivity contribution in [1.82, 2.24) is 16.0 Å². The van der Waals surface area contributed by atoms with Crippen LogP contribution in [0.2, 0.25) is 0 Å². The second-order valence-electron chi connectivity index (χ2n) is 12.6. The van der Waals surface area contributed by atoms with Crippen molar-refractivity contribution < 1.29 is 24.6 Å². The first-order valence-corrected chi connectivity index (χ1v) is 16.5. The molecule has 5 N–H and O–H groups in total. The van der Waals surface area contributed by atoms with Crippen molar-refractivity contribution >= 4 is 17.7 Å².